The summed E-state index contributed by atoms with van der Waals surface area (Å²) >= 11 is 11.8. The zero-order valence-corrected chi connectivity index (χ0v) is 15.5. The highest BCUT2D eigenvalue weighted by molar-refractivity contribution is 6.35. The Hall–Kier alpha value is -2.22. The molecular weight excluding hydrogens is 384 g/mol. The number of nitro benzene ring substituents is 1. The second-order valence-corrected chi connectivity index (χ2v) is 6.64. The first-order chi connectivity index (χ1) is 12.2. The molecule has 0 aromatic heterocycles. The number of amides is 1. The smallest absolute Gasteiger partial charge is 0.292 e. The molecular formula is C17H17Cl2FN3O3+. The molecule has 9 heteroatoms. The largest absolute Gasteiger partial charge is 0.330 e. The van der Waals surface area contributed by atoms with Gasteiger partial charge in [-0.15, -0.1) is 0 Å². The van der Waals surface area contributed by atoms with Crippen molar-refractivity contribution in [3.8, 4) is 0 Å². The molecule has 0 aliphatic heterocycles. The molecule has 0 fully saturated rings. The average molecular weight is 401 g/mol. The van der Waals surface area contributed by atoms with Crippen LogP contribution in [-0.4, -0.2) is 16.9 Å². The van der Waals surface area contributed by atoms with E-state index < -0.39 is 22.7 Å². The van der Waals surface area contributed by atoms with Crippen molar-refractivity contribution in [1.29, 1.82) is 0 Å². The van der Waals surface area contributed by atoms with Gasteiger partial charge in [-0.25, -0.2) is 4.39 Å². The van der Waals surface area contributed by atoms with Crippen LogP contribution in [0, 0.1) is 15.9 Å². The highest BCUT2D eigenvalue weighted by atomic mass is 35.5. The first kappa shape index (κ1) is 20.1. The number of anilines is 1. The highest BCUT2D eigenvalue weighted by Crippen LogP contribution is 2.27. The van der Waals surface area contributed by atoms with Crippen molar-refractivity contribution in [2.45, 2.75) is 25.9 Å². The van der Waals surface area contributed by atoms with E-state index in [9.17, 15) is 19.3 Å². The van der Waals surface area contributed by atoms with Gasteiger partial charge in [0.25, 0.3) is 11.6 Å². The number of benzene rings is 2. The molecule has 0 bridgehead atoms. The lowest BCUT2D eigenvalue weighted by atomic mass is 10.1. The fourth-order valence-corrected chi connectivity index (χ4v) is 3.05. The van der Waals surface area contributed by atoms with E-state index in [4.69, 9.17) is 23.2 Å². The number of rotatable bonds is 6. The van der Waals surface area contributed by atoms with Gasteiger partial charge in [0.15, 0.2) is 6.04 Å². The molecule has 1 amide bonds. The summed E-state index contributed by atoms with van der Waals surface area (Å²) in [5, 5.41) is 15.5. The number of hydrogen-bond donors (Lipinski definition) is 2. The minimum absolute atomic E-state index is 0.0758. The Balaban J connectivity index is 2.10. The third kappa shape index (κ3) is 4.69. The van der Waals surface area contributed by atoms with Gasteiger partial charge in [0.2, 0.25) is 0 Å². The zero-order chi connectivity index (χ0) is 19.4. The number of carbonyl (C=O) groups excluding carboxylic acids is 1. The minimum atomic E-state index is -0.598. The maximum Gasteiger partial charge on any atom is 0.292 e. The lowest BCUT2D eigenvalue weighted by molar-refractivity contribution is -0.709. The normalized spacial score (nSPS) is 13.1. The molecule has 3 N–H and O–H groups in total. The number of nitrogens with zero attached hydrogens (tertiary/aromatic N) is 1. The molecule has 138 valence electrons. The average Bonchev–Trinajstić information content (AvgIpc) is 2.58. The molecule has 6 nitrogen and oxygen atoms in total. The van der Waals surface area contributed by atoms with Crippen molar-refractivity contribution in [2.24, 2.45) is 0 Å². The van der Waals surface area contributed by atoms with Crippen molar-refractivity contribution >= 4 is 40.5 Å². The number of nitro groups is 1. The van der Waals surface area contributed by atoms with Gasteiger partial charge >= 0.3 is 0 Å². The topological polar surface area (TPSA) is 88.8 Å². The van der Waals surface area contributed by atoms with Gasteiger partial charge in [0, 0.05) is 11.6 Å². The Labute approximate surface area is 159 Å². The van der Waals surface area contributed by atoms with Crippen LogP contribution in [0.2, 0.25) is 10.0 Å². The van der Waals surface area contributed by atoms with E-state index in [2.05, 4.69) is 5.32 Å². The maximum atomic E-state index is 13.7. The minimum Gasteiger partial charge on any atom is -0.330 e. The van der Waals surface area contributed by atoms with E-state index in [1.165, 1.54) is 30.3 Å². The van der Waals surface area contributed by atoms with E-state index >= 15 is 0 Å². The van der Waals surface area contributed by atoms with Gasteiger partial charge in [0.1, 0.15) is 17.5 Å². The number of carbonyl (C=O) groups is 1. The number of nitrogens with one attached hydrogen (secondary N) is 1. The second-order valence-electron chi connectivity index (χ2n) is 5.82. The Morgan fingerprint density at radius 2 is 1.88 bits per heavy atom. The molecule has 0 heterocycles. The third-order valence-electron chi connectivity index (χ3n) is 3.88. The zero-order valence-electron chi connectivity index (χ0n) is 14.0. The summed E-state index contributed by atoms with van der Waals surface area (Å²) in [5.41, 5.74) is 0.425. The van der Waals surface area contributed by atoms with Crippen LogP contribution in [0.3, 0.4) is 0 Å². The molecule has 0 spiro atoms. The fourth-order valence-electron chi connectivity index (χ4n) is 2.50. The van der Waals surface area contributed by atoms with Gasteiger partial charge in [-0.1, -0.05) is 35.3 Å². The van der Waals surface area contributed by atoms with E-state index in [0.717, 1.165) is 0 Å². The maximum absolute atomic E-state index is 13.7. The molecule has 0 aliphatic rings. The molecule has 26 heavy (non-hydrogen) atoms. The van der Waals surface area contributed by atoms with Gasteiger partial charge in [-0.3, -0.25) is 14.9 Å². The lowest BCUT2D eigenvalue weighted by Crippen LogP contribution is -2.91. The molecule has 0 aliphatic carbocycles. The summed E-state index contributed by atoms with van der Waals surface area (Å²) in [7, 11) is 0. The Morgan fingerprint density at radius 1 is 1.23 bits per heavy atom. The highest BCUT2D eigenvalue weighted by Gasteiger charge is 2.24. The second kappa shape index (κ2) is 8.44. The lowest BCUT2D eigenvalue weighted by Gasteiger charge is -2.18. The van der Waals surface area contributed by atoms with E-state index in [0.29, 0.717) is 10.6 Å². The van der Waals surface area contributed by atoms with Crippen molar-refractivity contribution in [3.05, 3.63) is 67.9 Å². The quantitative estimate of drug-likeness (QED) is 0.440. The van der Waals surface area contributed by atoms with Gasteiger partial charge in [0.05, 0.1) is 15.0 Å². The van der Waals surface area contributed by atoms with E-state index in [1.807, 2.05) is 0 Å². The van der Waals surface area contributed by atoms with Crippen LogP contribution in [0.25, 0.3) is 0 Å². The third-order valence-corrected chi connectivity index (χ3v) is 4.50. The number of nitrogens with two attached hydrogens (primary N) is 1. The van der Waals surface area contributed by atoms with Crippen LogP contribution in [0.1, 0.15) is 25.5 Å². The van der Waals surface area contributed by atoms with Crippen molar-refractivity contribution in [2.75, 3.05) is 5.32 Å². The Bertz CT molecular complexity index is 848. The molecule has 2 rings (SSSR count). The summed E-state index contributed by atoms with van der Waals surface area (Å²) < 4.78 is 13.7. The van der Waals surface area contributed by atoms with Crippen LogP contribution in [0.5, 0.6) is 0 Å². The van der Waals surface area contributed by atoms with Crippen LogP contribution in [0.4, 0.5) is 15.8 Å². The predicted octanol–water partition coefficient (Wildman–Crippen LogP) is 3.69. The molecule has 2 aromatic rings. The fraction of sp³-hybridized carbons (Fsp3) is 0.235. The number of quaternary nitrogens is 1. The first-order valence-electron chi connectivity index (χ1n) is 7.74. The Kier molecular flexibility index (Phi) is 6.52. The molecule has 2 aromatic carbocycles. The number of para-hydroxylation sites is 2. The van der Waals surface area contributed by atoms with Crippen LogP contribution < -0.4 is 10.6 Å². The van der Waals surface area contributed by atoms with Crippen LogP contribution in [-0.2, 0) is 4.79 Å². The van der Waals surface area contributed by atoms with Crippen molar-refractivity contribution < 1.29 is 19.4 Å². The summed E-state index contributed by atoms with van der Waals surface area (Å²) in [6.07, 6.45) is 0. The van der Waals surface area contributed by atoms with Crippen LogP contribution in [0.15, 0.2) is 36.4 Å². The SMILES string of the molecule is C[C@H]([NH2+][C@H](C)C(=O)Nc1ccccc1[N+](=O)[O-])c1cc(F)c(Cl)cc1Cl. The molecule has 0 saturated carbocycles. The predicted molar refractivity (Wildman–Crippen MR) is 97.9 cm³/mol. The molecule has 0 radical (unpaired) electrons. The molecule has 2 atom stereocenters. The van der Waals surface area contributed by atoms with E-state index in [-0.39, 0.29) is 22.4 Å². The number of hydrogen-bond acceptors (Lipinski definition) is 3. The van der Waals surface area contributed by atoms with Crippen molar-refractivity contribution in [1.82, 2.24) is 0 Å². The van der Waals surface area contributed by atoms with Gasteiger partial charge in [-0.2, -0.15) is 0 Å². The first-order valence-corrected chi connectivity index (χ1v) is 8.50. The monoisotopic (exact) mass is 400 g/mol. The van der Waals surface area contributed by atoms with Gasteiger partial charge < -0.3 is 10.6 Å². The van der Waals surface area contributed by atoms with Gasteiger partial charge in [-0.05, 0) is 32.0 Å². The van der Waals surface area contributed by atoms with Crippen molar-refractivity contribution in [3.63, 3.8) is 0 Å². The molecule has 0 saturated heterocycles. The Morgan fingerprint density at radius 3 is 2.54 bits per heavy atom. The van der Waals surface area contributed by atoms with Crippen LogP contribution >= 0.6 is 23.2 Å². The molecule has 0 unspecified atom stereocenters. The summed E-state index contributed by atoms with van der Waals surface area (Å²) in [5.74, 6) is -1.01. The standard InChI is InChI=1S/C17H16Cl2FN3O3/c1-9(11-7-14(20)13(19)8-12(11)18)21-10(2)17(24)22-15-5-3-4-6-16(15)23(25)26/h3-10,21H,1-2H3,(H,22,24)/p+1/t9-,10+/m0/s1. The number of halogens is 3. The summed E-state index contributed by atoms with van der Waals surface area (Å²) in [4.78, 5) is 22.8. The summed E-state index contributed by atoms with van der Waals surface area (Å²) in [6.45, 7) is 3.41. The van der Waals surface area contributed by atoms with E-state index in [1.54, 1.807) is 25.2 Å². The summed E-state index contributed by atoms with van der Waals surface area (Å²) in [6, 6.07) is 7.49.